The highest BCUT2D eigenvalue weighted by molar-refractivity contribution is 6.30. The van der Waals surface area contributed by atoms with Crippen molar-refractivity contribution in [3.63, 3.8) is 0 Å². The second kappa shape index (κ2) is 8.88. The molecule has 0 bridgehead atoms. The first kappa shape index (κ1) is 20.9. The number of aromatic amines is 1. The Bertz CT molecular complexity index is 939. The number of H-pyrrole nitrogens is 1. The van der Waals surface area contributed by atoms with Crippen LogP contribution in [0.4, 0.5) is 4.39 Å². The van der Waals surface area contributed by atoms with Crippen LogP contribution in [0.15, 0.2) is 34.7 Å². The average Bonchev–Trinajstić information content (AvgIpc) is 3.44. The lowest BCUT2D eigenvalue weighted by Gasteiger charge is -2.34. The van der Waals surface area contributed by atoms with Gasteiger partial charge in [-0.25, -0.2) is 4.39 Å². The Morgan fingerprint density at radius 1 is 1.26 bits per heavy atom. The fraction of sp³-hybridized carbons (Fsp3) is 0.565. The van der Waals surface area contributed by atoms with E-state index in [1.165, 1.54) is 6.08 Å². The summed E-state index contributed by atoms with van der Waals surface area (Å²) in [4.78, 5) is 17.6. The van der Waals surface area contributed by atoms with Crippen LogP contribution in [0, 0.1) is 5.92 Å². The van der Waals surface area contributed by atoms with Gasteiger partial charge >= 0.3 is 0 Å². The molecule has 6 nitrogen and oxygen atoms in total. The summed E-state index contributed by atoms with van der Waals surface area (Å²) < 4.78 is 19.3. The van der Waals surface area contributed by atoms with E-state index in [0.717, 1.165) is 68.8 Å². The van der Waals surface area contributed by atoms with Gasteiger partial charge in [-0.1, -0.05) is 29.3 Å². The molecule has 0 aromatic carbocycles. The van der Waals surface area contributed by atoms with Crippen molar-refractivity contribution in [2.45, 2.75) is 44.7 Å². The third-order valence-corrected chi connectivity index (χ3v) is 7.38. The van der Waals surface area contributed by atoms with Crippen LogP contribution in [0.5, 0.6) is 0 Å². The Hall–Kier alpha value is -1.96. The predicted molar refractivity (Wildman–Crippen MR) is 116 cm³/mol. The smallest absolute Gasteiger partial charge is 0.274 e. The number of allylic oxidation sites excluding steroid dienone is 6. The molecule has 8 heteroatoms. The molecule has 1 atom stereocenters. The molecular weight excluding hydrogens is 419 g/mol. The lowest BCUT2D eigenvalue weighted by atomic mass is 9.87. The van der Waals surface area contributed by atoms with Gasteiger partial charge in [-0.05, 0) is 31.3 Å². The summed E-state index contributed by atoms with van der Waals surface area (Å²) in [5, 5.41) is 7.78. The zero-order chi connectivity index (χ0) is 21.4. The quantitative estimate of drug-likeness (QED) is 0.768. The second-order valence-corrected chi connectivity index (χ2v) is 9.32. The molecule has 2 saturated heterocycles. The predicted octanol–water partition coefficient (Wildman–Crippen LogP) is 3.72. The van der Waals surface area contributed by atoms with Crippen molar-refractivity contribution < 1.29 is 13.9 Å². The summed E-state index contributed by atoms with van der Waals surface area (Å²) in [5.41, 5.74) is 3.86. The van der Waals surface area contributed by atoms with Crippen LogP contribution in [-0.2, 0) is 17.7 Å². The van der Waals surface area contributed by atoms with Crippen LogP contribution < -0.4 is 0 Å². The standard InChI is InChI=1S/C23H28ClFN4O2/c24-19-12-16(2-1-3-20(19)25)15-4-8-28(9-5-15)23(30)22-18-13-29(17-7-11-31-14-17)10-6-21(18)26-27-22/h1-3,15,17H,4-14H2,(H,26,27). The summed E-state index contributed by atoms with van der Waals surface area (Å²) in [6, 6.07) is 0.439. The summed E-state index contributed by atoms with van der Waals surface area (Å²) in [5.74, 6) is -0.0273. The maximum Gasteiger partial charge on any atom is 0.274 e. The van der Waals surface area contributed by atoms with E-state index in [1.807, 2.05) is 11.0 Å². The van der Waals surface area contributed by atoms with Gasteiger partial charge in [-0.3, -0.25) is 14.8 Å². The highest BCUT2D eigenvalue weighted by Gasteiger charge is 2.33. The number of nitrogens with one attached hydrogen (secondary N) is 1. The average molecular weight is 447 g/mol. The molecule has 31 heavy (non-hydrogen) atoms. The number of aromatic nitrogens is 2. The van der Waals surface area contributed by atoms with E-state index in [9.17, 15) is 9.18 Å². The molecule has 2 fully saturated rings. The van der Waals surface area contributed by atoms with E-state index in [2.05, 4.69) is 15.1 Å². The zero-order valence-corrected chi connectivity index (χ0v) is 18.3. The number of piperidine rings is 1. The van der Waals surface area contributed by atoms with Crippen LogP contribution in [0.3, 0.4) is 0 Å². The van der Waals surface area contributed by atoms with Gasteiger partial charge in [0.05, 0.1) is 11.6 Å². The van der Waals surface area contributed by atoms with E-state index < -0.39 is 0 Å². The van der Waals surface area contributed by atoms with E-state index in [0.29, 0.717) is 37.2 Å². The number of hydrogen-bond acceptors (Lipinski definition) is 4. The summed E-state index contributed by atoms with van der Waals surface area (Å²) in [7, 11) is 0. The Kier molecular flexibility index (Phi) is 5.99. The van der Waals surface area contributed by atoms with Gasteiger partial charge < -0.3 is 9.64 Å². The van der Waals surface area contributed by atoms with Crippen molar-refractivity contribution in [3.8, 4) is 0 Å². The fourth-order valence-electron chi connectivity index (χ4n) is 5.17. The number of rotatable bonds is 3. The maximum absolute atomic E-state index is 13.7. The third-order valence-electron chi connectivity index (χ3n) is 7.07. The summed E-state index contributed by atoms with van der Waals surface area (Å²) >= 11 is 6.08. The van der Waals surface area contributed by atoms with Crippen LogP contribution >= 0.6 is 11.6 Å². The van der Waals surface area contributed by atoms with Gasteiger partial charge in [0.25, 0.3) is 5.91 Å². The number of carbonyl (C=O) groups excluding carboxylic acids is 1. The SMILES string of the molecule is O=C(c1n[nH]c2c1CN(C1CCOC1)CC2)N1CCC(C2=CC=CC(F)=C(Cl)C2)CC1. The summed E-state index contributed by atoms with van der Waals surface area (Å²) in [6.45, 7) is 4.68. The summed E-state index contributed by atoms with van der Waals surface area (Å²) in [6.07, 6.45) is 9.23. The number of carbonyl (C=O) groups is 1. The van der Waals surface area contributed by atoms with Crippen LogP contribution in [-0.4, -0.2) is 64.8 Å². The number of ether oxygens (including phenoxy) is 1. The second-order valence-electron chi connectivity index (χ2n) is 8.86. The Morgan fingerprint density at radius 3 is 2.87 bits per heavy atom. The highest BCUT2D eigenvalue weighted by Crippen LogP contribution is 2.34. The number of likely N-dealkylation sites (tertiary alicyclic amines) is 1. The molecule has 0 saturated carbocycles. The largest absolute Gasteiger partial charge is 0.380 e. The highest BCUT2D eigenvalue weighted by atomic mass is 35.5. The first-order valence-corrected chi connectivity index (χ1v) is 11.6. The molecule has 1 aromatic heterocycles. The molecule has 0 radical (unpaired) electrons. The minimum absolute atomic E-state index is 0.0131. The van der Waals surface area contributed by atoms with Gasteiger partial charge in [-0.2, -0.15) is 5.10 Å². The van der Waals surface area contributed by atoms with Crippen molar-refractivity contribution >= 4 is 17.5 Å². The van der Waals surface area contributed by atoms with Crippen LogP contribution in [0.25, 0.3) is 0 Å². The monoisotopic (exact) mass is 446 g/mol. The van der Waals surface area contributed by atoms with Gasteiger partial charge in [0, 0.05) is 62.9 Å². The zero-order valence-electron chi connectivity index (χ0n) is 17.6. The number of halogens is 2. The molecular formula is C23H28ClFN4O2. The number of hydrogen-bond donors (Lipinski definition) is 1. The van der Waals surface area contributed by atoms with Gasteiger partial charge in [-0.15, -0.1) is 0 Å². The molecule has 1 aromatic rings. The maximum atomic E-state index is 13.7. The van der Waals surface area contributed by atoms with Gasteiger partial charge in [0.2, 0.25) is 0 Å². The van der Waals surface area contributed by atoms with Gasteiger partial charge in [0.1, 0.15) is 5.83 Å². The first-order chi connectivity index (χ1) is 15.1. The molecule has 3 aliphatic heterocycles. The molecule has 5 rings (SSSR count). The number of fused-ring (bicyclic) bond motifs is 1. The fourth-order valence-corrected chi connectivity index (χ4v) is 5.38. The molecule has 1 aliphatic carbocycles. The lowest BCUT2D eigenvalue weighted by Crippen LogP contribution is -2.42. The minimum atomic E-state index is -0.359. The van der Waals surface area contributed by atoms with Crippen molar-refractivity contribution in [1.29, 1.82) is 0 Å². The van der Waals surface area contributed by atoms with Crippen molar-refractivity contribution in [3.05, 3.63) is 51.6 Å². The van der Waals surface area contributed by atoms with Crippen molar-refractivity contribution in [1.82, 2.24) is 20.0 Å². The number of amides is 1. The van der Waals surface area contributed by atoms with E-state index in [1.54, 1.807) is 6.08 Å². The lowest BCUT2D eigenvalue weighted by molar-refractivity contribution is 0.0691. The normalized spacial score (nSPS) is 25.5. The number of nitrogens with zero attached hydrogens (tertiary/aromatic N) is 3. The molecule has 1 unspecified atom stereocenters. The van der Waals surface area contributed by atoms with E-state index in [4.69, 9.17) is 16.3 Å². The third kappa shape index (κ3) is 4.23. The molecule has 1 amide bonds. The molecule has 166 valence electrons. The van der Waals surface area contributed by atoms with Crippen LogP contribution in [0.2, 0.25) is 0 Å². The van der Waals surface area contributed by atoms with Crippen molar-refractivity contribution in [2.75, 3.05) is 32.8 Å². The van der Waals surface area contributed by atoms with Gasteiger partial charge in [0.15, 0.2) is 5.69 Å². The topological polar surface area (TPSA) is 61.5 Å². The molecule has 4 aliphatic rings. The Balaban J connectivity index is 1.23. The first-order valence-electron chi connectivity index (χ1n) is 11.2. The van der Waals surface area contributed by atoms with Crippen molar-refractivity contribution in [2.24, 2.45) is 5.92 Å². The van der Waals surface area contributed by atoms with E-state index in [-0.39, 0.29) is 16.8 Å². The molecule has 0 spiro atoms. The van der Waals surface area contributed by atoms with E-state index >= 15 is 0 Å². The molecule has 4 heterocycles. The van der Waals surface area contributed by atoms with Crippen LogP contribution in [0.1, 0.15) is 47.4 Å². The Morgan fingerprint density at radius 2 is 2.10 bits per heavy atom. The molecule has 1 N–H and O–H groups in total. The minimum Gasteiger partial charge on any atom is -0.380 e. The Labute approximate surface area is 186 Å².